The fraction of sp³-hybridized carbons (Fsp3) is 0.219. The monoisotopic (exact) mass is 534 g/mol. The molecule has 2 aromatic heterocycles. The molecule has 1 aromatic carbocycles. The minimum atomic E-state index is -0.0706. The molecule has 3 aliphatic rings. The number of allylic oxidation sites excluding steroid dienone is 6. The standard InChI is InChI=1S/C32H30N4O2S/c1-21-6-4-10-28(35-21)31-27(9-2-3-13-34-31)24-12-11-23-7-5-8-25(15-26(23)14-24)32-36-29(20-39-32)30(37)19-38-18-22-16-33-17-22/h2-4,6-15,20,22,33-34H,5,16-19H2,1H3. The first-order valence-electron chi connectivity index (χ1n) is 13.2. The van der Waals surface area contributed by atoms with Crippen molar-refractivity contribution in [1.29, 1.82) is 0 Å². The van der Waals surface area contributed by atoms with Gasteiger partial charge < -0.3 is 15.4 Å². The molecule has 6 nitrogen and oxygen atoms in total. The number of pyridine rings is 1. The Hall–Kier alpha value is -3.91. The van der Waals surface area contributed by atoms with E-state index in [4.69, 9.17) is 9.72 Å². The Morgan fingerprint density at radius 3 is 2.87 bits per heavy atom. The number of nitrogens with zero attached hydrogens (tertiary/aromatic N) is 2. The van der Waals surface area contributed by atoms with Crippen LogP contribution in [0, 0.1) is 12.8 Å². The highest BCUT2D eigenvalue weighted by atomic mass is 32.1. The lowest BCUT2D eigenvalue weighted by Gasteiger charge is -2.26. The molecule has 4 heterocycles. The Bertz CT molecular complexity index is 1660. The summed E-state index contributed by atoms with van der Waals surface area (Å²) in [6.45, 7) is 4.62. The maximum absolute atomic E-state index is 12.7. The van der Waals surface area contributed by atoms with Crippen LogP contribution < -0.4 is 21.1 Å². The second-order valence-electron chi connectivity index (χ2n) is 9.90. The maximum Gasteiger partial charge on any atom is 0.207 e. The third-order valence-electron chi connectivity index (χ3n) is 6.99. The summed E-state index contributed by atoms with van der Waals surface area (Å²) in [7, 11) is 0. The first kappa shape index (κ1) is 25.4. The number of aromatic nitrogens is 2. The summed E-state index contributed by atoms with van der Waals surface area (Å²) < 4.78 is 5.63. The highest BCUT2D eigenvalue weighted by Gasteiger charge is 2.19. The van der Waals surface area contributed by atoms with Gasteiger partial charge in [0, 0.05) is 47.4 Å². The molecule has 0 unspecified atom stereocenters. The number of ether oxygens (including phenoxy) is 1. The zero-order chi connectivity index (χ0) is 26.6. The first-order chi connectivity index (χ1) is 19.1. The quantitative estimate of drug-likeness (QED) is 0.428. The molecule has 196 valence electrons. The molecule has 1 aliphatic carbocycles. The lowest BCUT2D eigenvalue weighted by Crippen LogP contribution is -2.44. The predicted octanol–water partition coefficient (Wildman–Crippen LogP) is 3.85. The van der Waals surface area contributed by atoms with Crippen LogP contribution in [0.1, 0.15) is 38.9 Å². The van der Waals surface area contributed by atoms with Gasteiger partial charge in [-0.2, -0.15) is 0 Å². The van der Waals surface area contributed by atoms with Crippen LogP contribution >= 0.6 is 11.3 Å². The Balaban J connectivity index is 1.30. The Morgan fingerprint density at radius 1 is 1.10 bits per heavy atom. The molecule has 0 spiro atoms. The van der Waals surface area contributed by atoms with Gasteiger partial charge in [-0.15, -0.1) is 11.3 Å². The van der Waals surface area contributed by atoms with E-state index in [1.54, 1.807) is 0 Å². The van der Waals surface area contributed by atoms with Crippen molar-refractivity contribution in [1.82, 2.24) is 20.6 Å². The molecule has 39 heavy (non-hydrogen) atoms. The van der Waals surface area contributed by atoms with Crippen molar-refractivity contribution >= 4 is 46.1 Å². The number of ketones is 1. The molecule has 2 aliphatic heterocycles. The molecule has 1 saturated heterocycles. The van der Waals surface area contributed by atoms with E-state index in [2.05, 4.69) is 58.1 Å². The van der Waals surface area contributed by atoms with E-state index < -0.39 is 0 Å². The summed E-state index contributed by atoms with van der Waals surface area (Å²) in [5, 5.41) is 11.6. The van der Waals surface area contributed by atoms with E-state index in [0.29, 0.717) is 18.2 Å². The van der Waals surface area contributed by atoms with Crippen molar-refractivity contribution in [3.05, 3.63) is 110 Å². The topological polar surface area (TPSA) is 76.1 Å². The summed E-state index contributed by atoms with van der Waals surface area (Å²) in [5.74, 6) is 0.440. The van der Waals surface area contributed by atoms with Crippen LogP contribution in [0.15, 0.2) is 72.3 Å². The van der Waals surface area contributed by atoms with Gasteiger partial charge >= 0.3 is 0 Å². The fourth-order valence-electron chi connectivity index (χ4n) is 4.77. The van der Waals surface area contributed by atoms with Crippen LogP contribution in [-0.2, 0) is 4.74 Å². The molecule has 2 N–H and O–H groups in total. The number of rotatable bonds is 8. The number of hydrogen-bond donors (Lipinski definition) is 2. The second-order valence-corrected chi connectivity index (χ2v) is 10.8. The number of benzene rings is 1. The molecule has 6 rings (SSSR count). The summed E-state index contributed by atoms with van der Waals surface area (Å²) in [5.41, 5.74) is 6.51. The van der Waals surface area contributed by atoms with Crippen LogP contribution in [0.2, 0.25) is 0 Å². The predicted molar refractivity (Wildman–Crippen MR) is 158 cm³/mol. The maximum atomic E-state index is 12.7. The van der Waals surface area contributed by atoms with Crippen molar-refractivity contribution in [2.24, 2.45) is 5.92 Å². The largest absolute Gasteiger partial charge is 0.373 e. The van der Waals surface area contributed by atoms with Gasteiger partial charge in [-0.25, -0.2) is 4.98 Å². The van der Waals surface area contributed by atoms with Gasteiger partial charge in [-0.05, 0) is 59.7 Å². The number of Topliss-reactive ketones (excluding diaryl/α,β-unsaturated/α-hetero) is 1. The van der Waals surface area contributed by atoms with Crippen molar-refractivity contribution < 1.29 is 9.53 Å². The van der Waals surface area contributed by atoms with Crippen LogP contribution in [0.25, 0.3) is 29.0 Å². The summed E-state index contributed by atoms with van der Waals surface area (Å²) in [6, 6.07) is 12.6. The first-order valence-corrected chi connectivity index (χ1v) is 14.1. The van der Waals surface area contributed by atoms with E-state index in [0.717, 1.165) is 63.5 Å². The van der Waals surface area contributed by atoms with E-state index >= 15 is 0 Å². The van der Waals surface area contributed by atoms with Crippen molar-refractivity contribution in [3.63, 3.8) is 0 Å². The van der Waals surface area contributed by atoms with Gasteiger partial charge in [-0.1, -0.05) is 42.5 Å². The molecule has 0 atom stereocenters. The van der Waals surface area contributed by atoms with Crippen molar-refractivity contribution in [2.75, 3.05) is 26.3 Å². The molecule has 3 aromatic rings. The Labute approximate surface area is 231 Å². The van der Waals surface area contributed by atoms with Crippen LogP contribution in [-0.4, -0.2) is 42.1 Å². The minimum absolute atomic E-state index is 0.0706. The number of nitrogens with one attached hydrogen (secondary N) is 2. The van der Waals surface area contributed by atoms with Gasteiger partial charge in [0.1, 0.15) is 17.3 Å². The average Bonchev–Trinajstić information content (AvgIpc) is 3.14. The number of fused-ring (bicyclic) bond motifs is 1. The Morgan fingerprint density at radius 2 is 2.03 bits per heavy atom. The lowest BCUT2D eigenvalue weighted by atomic mass is 9.99. The second kappa shape index (κ2) is 11.5. The van der Waals surface area contributed by atoms with Crippen molar-refractivity contribution in [3.8, 4) is 0 Å². The van der Waals surface area contributed by atoms with E-state index in [1.807, 2.05) is 48.9 Å². The van der Waals surface area contributed by atoms with Crippen molar-refractivity contribution in [2.45, 2.75) is 13.3 Å². The SMILES string of the molecule is Cc1cccc(C2=C(c3ccc4c(c3)=CC(c3nc(C(=O)COCC5CNC5)cs3)=CCC=4)C=CC=CN2)n1. The summed E-state index contributed by atoms with van der Waals surface area (Å²) in [6.07, 6.45) is 15.5. The zero-order valence-corrected chi connectivity index (χ0v) is 22.6. The van der Waals surface area contributed by atoms with Crippen LogP contribution in [0.4, 0.5) is 0 Å². The smallest absolute Gasteiger partial charge is 0.207 e. The van der Waals surface area contributed by atoms with Gasteiger partial charge in [0.25, 0.3) is 0 Å². The molecule has 7 heteroatoms. The normalized spacial score (nSPS) is 16.7. The molecule has 0 saturated carbocycles. The average molecular weight is 535 g/mol. The lowest BCUT2D eigenvalue weighted by molar-refractivity contribution is 0.0603. The molecule has 0 bridgehead atoms. The zero-order valence-electron chi connectivity index (χ0n) is 21.8. The molecule has 0 amide bonds. The van der Waals surface area contributed by atoms with E-state index in [9.17, 15) is 4.79 Å². The summed E-state index contributed by atoms with van der Waals surface area (Å²) in [4.78, 5) is 22.1. The van der Waals surface area contributed by atoms with Gasteiger partial charge in [0.2, 0.25) is 5.78 Å². The number of hydrogen-bond acceptors (Lipinski definition) is 7. The fourth-order valence-corrected chi connectivity index (χ4v) is 5.61. The number of thiazole rings is 1. The summed E-state index contributed by atoms with van der Waals surface area (Å²) >= 11 is 1.50. The van der Waals surface area contributed by atoms with Gasteiger partial charge in [0.15, 0.2) is 0 Å². The molecular weight excluding hydrogens is 504 g/mol. The van der Waals surface area contributed by atoms with E-state index in [1.165, 1.54) is 16.6 Å². The number of aryl methyl sites for hydroxylation is 1. The van der Waals surface area contributed by atoms with Gasteiger partial charge in [-0.3, -0.25) is 9.78 Å². The third kappa shape index (κ3) is 5.76. The number of carbonyl (C=O) groups is 1. The minimum Gasteiger partial charge on any atom is -0.373 e. The molecule has 0 radical (unpaired) electrons. The Kier molecular flexibility index (Phi) is 7.45. The highest BCUT2D eigenvalue weighted by molar-refractivity contribution is 7.11. The highest BCUT2D eigenvalue weighted by Crippen LogP contribution is 2.26. The number of carbonyl (C=O) groups excluding carboxylic acids is 1. The van der Waals surface area contributed by atoms with Crippen LogP contribution in [0.3, 0.4) is 0 Å². The molecule has 1 fully saturated rings. The van der Waals surface area contributed by atoms with Gasteiger partial charge in [0.05, 0.1) is 18.0 Å². The van der Waals surface area contributed by atoms with Crippen LogP contribution in [0.5, 0.6) is 0 Å². The third-order valence-corrected chi connectivity index (χ3v) is 7.88. The van der Waals surface area contributed by atoms with E-state index in [-0.39, 0.29) is 12.4 Å². The molecular formula is C32H30N4O2S.